The molecule has 0 radical (unpaired) electrons. The first-order valence-electron chi connectivity index (χ1n) is 3.72. The zero-order valence-electron chi connectivity index (χ0n) is 7.23. The lowest BCUT2D eigenvalue weighted by molar-refractivity contribution is 0.404. The third kappa shape index (κ3) is 1.56. The van der Waals surface area contributed by atoms with E-state index in [1.165, 1.54) is 13.2 Å². The van der Waals surface area contributed by atoms with Crippen LogP contribution >= 0.6 is 0 Å². The SMILES string of the molecule is COc1cc(C)cc(F)c1CN. The molecule has 0 spiro atoms. The van der Waals surface area contributed by atoms with Gasteiger partial charge < -0.3 is 10.5 Å². The number of hydrogen-bond acceptors (Lipinski definition) is 2. The quantitative estimate of drug-likeness (QED) is 0.729. The lowest BCUT2D eigenvalue weighted by Gasteiger charge is -2.08. The van der Waals surface area contributed by atoms with E-state index in [0.29, 0.717) is 11.3 Å². The average Bonchev–Trinajstić information content (AvgIpc) is 2.03. The van der Waals surface area contributed by atoms with Gasteiger partial charge in [-0.3, -0.25) is 0 Å². The summed E-state index contributed by atoms with van der Waals surface area (Å²) in [7, 11) is 1.51. The highest BCUT2D eigenvalue weighted by Crippen LogP contribution is 2.22. The van der Waals surface area contributed by atoms with E-state index in [0.717, 1.165) is 5.56 Å². The summed E-state index contributed by atoms with van der Waals surface area (Å²) in [5, 5.41) is 0. The molecule has 0 aliphatic carbocycles. The van der Waals surface area contributed by atoms with Gasteiger partial charge in [-0.2, -0.15) is 0 Å². The molecule has 0 aliphatic heterocycles. The van der Waals surface area contributed by atoms with Gasteiger partial charge in [0.15, 0.2) is 0 Å². The van der Waals surface area contributed by atoms with Crippen LogP contribution in [0.2, 0.25) is 0 Å². The molecule has 1 rings (SSSR count). The number of ether oxygens (including phenoxy) is 1. The Morgan fingerprint density at radius 1 is 1.50 bits per heavy atom. The zero-order valence-corrected chi connectivity index (χ0v) is 7.23. The highest BCUT2D eigenvalue weighted by molar-refractivity contribution is 5.38. The summed E-state index contributed by atoms with van der Waals surface area (Å²) in [4.78, 5) is 0. The molecule has 66 valence electrons. The van der Waals surface area contributed by atoms with Crippen LogP contribution in [-0.2, 0) is 6.54 Å². The Bertz CT molecular complexity index is 286. The van der Waals surface area contributed by atoms with Gasteiger partial charge in [0.2, 0.25) is 0 Å². The Morgan fingerprint density at radius 2 is 2.17 bits per heavy atom. The van der Waals surface area contributed by atoms with E-state index in [-0.39, 0.29) is 12.4 Å². The van der Waals surface area contributed by atoms with Gasteiger partial charge in [0, 0.05) is 12.1 Å². The topological polar surface area (TPSA) is 35.2 Å². The summed E-state index contributed by atoms with van der Waals surface area (Å²) in [6, 6.07) is 3.22. The minimum Gasteiger partial charge on any atom is -0.496 e. The van der Waals surface area contributed by atoms with E-state index in [2.05, 4.69) is 0 Å². The Labute approximate surface area is 71.1 Å². The molecular weight excluding hydrogens is 157 g/mol. The molecule has 2 nitrogen and oxygen atoms in total. The molecule has 0 fully saturated rings. The highest BCUT2D eigenvalue weighted by atomic mass is 19.1. The fourth-order valence-electron chi connectivity index (χ4n) is 1.12. The number of benzene rings is 1. The van der Waals surface area contributed by atoms with E-state index in [4.69, 9.17) is 10.5 Å². The second-order valence-electron chi connectivity index (χ2n) is 2.63. The second kappa shape index (κ2) is 3.54. The largest absolute Gasteiger partial charge is 0.496 e. The van der Waals surface area contributed by atoms with Crippen molar-refractivity contribution < 1.29 is 9.13 Å². The number of rotatable bonds is 2. The van der Waals surface area contributed by atoms with Crippen molar-refractivity contribution >= 4 is 0 Å². The van der Waals surface area contributed by atoms with Crippen molar-refractivity contribution in [2.75, 3.05) is 7.11 Å². The van der Waals surface area contributed by atoms with Crippen molar-refractivity contribution in [3.05, 3.63) is 29.1 Å². The first-order valence-corrected chi connectivity index (χ1v) is 3.72. The molecule has 1 aromatic rings. The van der Waals surface area contributed by atoms with E-state index < -0.39 is 0 Å². The van der Waals surface area contributed by atoms with Crippen molar-refractivity contribution in [2.24, 2.45) is 5.73 Å². The van der Waals surface area contributed by atoms with Crippen LogP contribution in [0.3, 0.4) is 0 Å². The summed E-state index contributed by atoms with van der Waals surface area (Å²) in [6.45, 7) is 1.97. The van der Waals surface area contributed by atoms with Gasteiger partial charge in [0.1, 0.15) is 11.6 Å². The minimum absolute atomic E-state index is 0.162. The van der Waals surface area contributed by atoms with Crippen LogP contribution in [0.5, 0.6) is 5.75 Å². The van der Waals surface area contributed by atoms with Crippen LogP contribution in [0.4, 0.5) is 4.39 Å². The predicted octanol–water partition coefficient (Wildman–Crippen LogP) is 1.60. The summed E-state index contributed by atoms with van der Waals surface area (Å²) in [5.74, 6) is 0.226. The molecule has 0 amide bonds. The molecule has 0 heterocycles. The van der Waals surface area contributed by atoms with Gasteiger partial charge in [-0.05, 0) is 24.6 Å². The van der Waals surface area contributed by atoms with Crippen LogP contribution in [0.1, 0.15) is 11.1 Å². The fraction of sp³-hybridized carbons (Fsp3) is 0.333. The van der Waals surface area contributed by atoms with Gasteiger partial charge in [0.05, 0.1) is 7.11 Å². The maximum Gasteiger partial charge on any atom is 0.131 e. The molecule has 0 saturated heterocycles. The number of hydrogen-bond donors (Lipinski definition) is 1. The van der Waals surface area contributed by atoms with Crippen molar-refractivity contribution in [1.29, 1.82) is 0 Å². The van der Waals surface area contributed by atoms with Crippen molar-refractivity contribution in [2.45, 2.75) is 13.5 Å². The van der Waals surface area contributed by atoms with E-state index in [1.807, 2.05) is 6.92 Å². The van der Waals surface area contributed by atoms with Gasteiger partial charge in [-0.25, -0.2) is 4.39 Å². The number of aryl methyl sites for hydroxylation is 1. The fourth-order valence-corrected chi connectivity index (χ4v) is 1.12. The Hall–Kier alpha value is -1.09. The molecular formula is C9H12FNO. The van der Waals surface area contributed by atoms with E-state index in [1.54, 1.807) is 6.07 Å². The molecule has 2 N–H and O–H groups in total. The first kappa shape index (κ1) is 9.00. The summed E-state index contributed by atoms with van der Waals surface area (Å²) in [5.41, 5.74) is 6.63. The predicted molar refractivity (Wildman–Crippen MR) is 45.6 cm³/mol. The van der Waals surface area contributed by atoms with Crippen LogP contribution in [-0.4, -0.2) is 7.11 Å². The van der Waals surface area contributed by atoms with Gasteiger partial charge >= 0.3 is 0 Å². The van der Waals surface area contributed by atoms with Crippen LogP contribution in [0.25, 0.3) is 0 Å². The minimum atomic E-state index is -0.297. The van der Waals surface area contributed by atoms with Crippen LogP contribution in [0.15, 0.2) is 12.1 Å². The highest BCUT2D eigenvalue weighted by Gasteiger charge is 2.07. The Morgan fingerprint density at radius 3 is 2.67 bits per heavy atom. The smallest absolute Gasteiger partial charge is 0.131 e. The number of nitrogens with two attached hydrogens (primary N) is 1. The Balaban J connectivity index is 3.24. The molecule has 0 aliphatic rings. The van der Waals surface area contributed by atoms with Gasteiger partial charge in [-0.1, -0.05) is 0 Å². The summed E-state index contributed by atoms with van der Waals surface area (Å²) < 4.78 is 18.1. The lowest BCUT2D eigenvalue weighted by Crippen LogP contribution is -2.03. The molecule has 3 heteroatoms. The average molecular weight is 169 g/mol. The summed E-state index contributed by atoms with van der Waals surface area (Å²) >= 11 is 0. The number of halogens is 1. The summed E-state index contributed by atoms with van der Waals surface area (Å²) in [6.07, 6.45) is 0. The molecule has 0 aromatic heterocycles. The van der Waals surface area contributed by atoms with Crippen molar-refractivity contribution in [3.63, 3.8) is 0 Å². The standard InChI is InChI=1S/C9H12FNO/c1-6-3-8(10)7(5-11)9(4-6)12-2/h3-4H,5,11H2,1-2H3. The molecule has 1 aromatic carbocycles. The van der Waals surface area contributed by atoms with Gasteiger partial charge in [-0.15, -0.1) is 0 Å². The van der Waals surface area contributed by atoms with Crippen molar-refractivity contribution in [1.82, 2.24) is 0 Å². The second-order valence-corrected chi connectivity index (χ2v) is 2.63. The maximum atomic E-state index is 13.1. The normalized spacial score (nSPS) is 10.0. The van der Waals surface area contributed by atoms with Gasteiger partial charge in [0.25, 0.3) is 0 Å². The van der Waals surface area contributed by atoms with Crippen LogP contribution in [0, 0.1) is 12.7 Å². The zero-order chi connectivity index (χ0) is 9.14. The number of methoxy groups -OCH3 is 1. The van der Waals surface area contributed by atoms with Crippen molar-refractivity contribution in [3.8, 4) is 5.75 Å². The Kier molecular flexibility index (Phi) is 2.65. The monoisotopic (exact) mass is 169 g/mol. The molecule has 12 heavy (non-hydrogen) atoms. The lowest BCUT2D eigenvalue weighted by atomic mass is 10.1. The molecule has 0 saturated carbocycles. The molecule has 0 atom stereocenters. The van der Waals surface area contributed by atoms with E-state index >= 15 is 0 Å². The maximum absolute atomic E-state index is 13.1. The molecule has 0 unspecified atom stereocenters. The molecule has 0 bridgehead atoms. The van der Waals surface area contributed by atoms with Crippen LogP contribution < -0.4 is 10.5 Å². The first-order chi connectivity index (χ1) is 5.69. The third-order valence-corrected chi connectivity index (χ3v) is 1.72. The third-order valence-electron chi connectivity index (χ3n) is 1.72. The van der Waals surface area contributed by atoms with E-state index in [9.17, 15) is 4.39 Å².